The number of nitro benzene ring substituents is 1. The lowest BCUT2D eigenvalue weighted by molar-refractivity contribution is -0.385. The maximum atomic E-state index is 10.6. The largest absolute Gasteiger partial charge is 0.485 e. The van der Waals surface area contributed by atoms with E-state index in [1.54, 1.807) is 19.9 Å². The highest BCUT2D eigenvalue weighted by atomic mass is 16.6. The van der Waals surface area contributed by atoms with Crippen LogP contribution >= 0.6 is 0 Å². The smallest absolute Gasteiger partial charge is 0.273 e. The number of nitro groups is 1. The summed E-state index contributed by atoms with van der Waals surface area (Å²) in [7, 11) is 0. The van der Waals surface area contributed by atoms with Crippen molar-refractivity contribution in [3.63, 3.8) is 0 Å². The first kappa shape index (κ1) is 10.9. The summed E-state index contributed by atoms with van der Waals surface area (Å²) >= 11 is 0. The summed E-state index contributed by atoms with van der Waals surface area (Å²) in [4.78, 5) is 10.2. The molecule has 1 aliphatic heterocycles. The van der Waals surface area contributed by atoms with Gasteiger partial charge in [-0.05, 0) is 25.5 Å². The molecule has 0 bridgehead atoms. The Balaban J connectivity index is 2.42. The van der Waals surface area contributed by atoms with Gasteiger partial charge in [-0.25, -0.2) is 0 Å². The third kappa shape index (κ3) is 1.74. The molecule has 0 amide bonds. The van der Waals surface area contributed by atoms with E-state index in [1.807, 2.05) is 0 Å². The highest BCUT2D eigenvalue weighted by Crippen LogP contribution is 2.35. The van der Waals surface area contributed by atoms with Crippen molar-refractivity contribution >= 4 is 5.69 Å². The number of benzene rings is 1. The minimum atomic E-state index is -0.706. The van der Waals surface area contributed by atoms with Crippen molar-refractivity contribution in [3.8, 4) is 5.75 Å². The average molecular weight is 223 g/mol. The number of aliphatic hydroxyl groups excluding tert-OH is 1. The minimum absolute atomic E-state index is 0.00550. The van der Waals surface area contributed by atoms with Gasteiger partial charge in [0.1, 0.15) is 11.4 Å². The van der Waals surface area contributed by atoms with Gasteiger partial charge in [0.25, 0.3) is 5.69 Å². The molecule has 0 radical (unpaired) electrons. The van der Waals surface area contributed by atoms with Crippen LogP contribution in [0.4, 0.5) is 5.69 Å². The molecule has 1 aliphatic rings. The quantitative estimate of drug-likeness (QED) is 0.580. The number of hydrogen-bond acceptors (Lipinski definition) is 4. The van der Waals surface area contributed by atoms with Crippen LogP contribution in [0.2, 0.25) is 0 Å². The molecule has 0 saturated carbocycles. The van der Waals surface area contributed by atoms with E-state index in [9.17, 15) is 15.2 Å². The zero-order chi connectivity index (χ0) is 11.9. The number of ether oxygens (including phenoxy) is 1. The van der Waals surface area contributed by atoms with Crippen molar-refractivity contribution in [2.45, 2.75) is 32.0 Å². The molecule has 1 aromatic rings. The molecule has 1 heterocycles. The molecule has 2 rings (SSSR count). The molecule has 0 spiro atoms. The Hall–Kier alpha value is -1.62. The molecule has 86 valence electrons. The van der Waals surface area contributed by atoms with E-state index in [1.165, 1.54) is 12.1 Å². The Bertz CT molecular complexity index is 442. The average Bonchev–Trinajstić information content (AvgIpc) is 2.18. The van der Waals surface area contributed by atoms with Crippen LogP contribution in [0.5, 0.6) is 5.75 Å². The van der Waals surface area contributed by atoms with Crippen LogP contribution in [0.15, 0.2) is 18.2 Å². The van der Waals surface area contributed by atoms with Crippen molar-refractivity contribution in [1.29, 1.82) is 0 Å². The Morgan fingerprint density at radius 3 is 2.88 bits per heavy atom. The summed E-state index contributed by atoms with van der Waals surface area (Å²) < 4.78 is 5.57. The molecule has 0 saturated heterocycles. The lowest BCUT2D eigenvalue weighted by Crippen LogP contribution is -2.46. The van der Waals surface area contributed by atoms with E-state index in [0.29, 0.717) is 12.2 Å². The summed E-state index contributed by atoms with van der Waals surface area (Å²) in [6.45, 7) is 3.53. The first-order chi connectivity index (χ1) is 7.40. The fraction of sp³-hybridized carbons (Fsp3) is 0.455. The van der Waals surface area contributed by atoms with Crippen molar-refractivity contribution < 1.29 is 14.8 Å². The number of nitrogens with zero attached hydrogens (tertiary/aromatic N) is 1. The second kappa shape index (κ2) is 3.45. The molecule has 5 nitrogen and oxygen atoms in total. The van der Waals surface area contributed by atoms with Crippen molar-refractivity contribution in [2.24, 2.45) is 0 Å². The third-order valence-electron chi connectivity index (χ3n) is 2.85. The monoisotopic (exact) mass is 223 g/mol. The third-order valence-corrected chi connectivity index (χ3v) is 2.85. The topological polar surface area (TPSA) is 72.6 Å². The second-order valence-corrected chi connectivity index (χ2v) is 4.47. The lowest BCUT2D eigenvalue weighted by Gasteiger charge is -2.36. The molecule has 1 N–H and O–H groups in total. The van der Waals surface area contributed by atoms with Gasteiger partial charge >= 0.3 is 0 Å². The van der Waals surface area contributed by atoms with Crippen molar-refractivity contribution in [3.05, 3.63) is 33.9 Å². The highest BCUT2D eigenvalue weighted by molar-refractivity contribution is 5.46. The number of fused-ring (bicyclic) bond motifs is 1. The van der Waals surface area contributed by atoms with Crippen LogP contribution in [0.1, 0.15) is 19.4 Å². The van der Waals surface area contributed by atoms with Crippen LogP contribution in [0.25, 0.3) is 0 Å². The summed E-state index contributed by atoms with van der Waals surface area (Å²) in [5, 5.41) is 20.4. The van der Waals surface area contributed by atoms with Gasteiger partial charge in [0.15, 0.2) is 0 Å². The maximum absolute atomic E-state index is 10.6. The van der Waals surface area contributed by atoms with E-state index in [0.717, 1.165) is 5.56 Å². The van der Waals surface area contributed by atoms with Crippen LogP contribution in [-0.4, -0.2) is 21.7 Å². The number of rotatable bonds is 1. The van der Waals surface area contributed by atoms with Crippen LogP contribution in [0.3, 0.4) is 0 Å². The van der Waals surface area contributed by atoms with Crippen molar-refractivity contribution in [2.75, 3.05) is 0 Å². The maximum Gasteiger partial charge on any atom is 0.273 e. The lowest BCUT2D eigenvalue weighted by atomic mass is 9.91. The Morgan fingerprint density at radius 2 is 2.25 bits per heavy atom. The van der Waals surface area contributed by atoms with E-state index in [4.69, 9.17) is 4.74 Å². The molecule has 16 heavy (non-hydrogen) atoms. The first-order valence-electron chi connectivity index (χ1n) is 5.04. The summed E-state index contributed by atoms with van der Waals surface area (Å²) in [5.74, 6) is 0.490. The molecular weight excluding hydrogens is 210 g/mol. The summed E-state index contributed by atoms with van der Waals surface area (Å²) in [5.41, 5.74) is 0.103. The molecule has 1 atom stereocenters. The summed E-state index contributed by atoms with van der Waals surface area (Å²) in [6, 6.07) is 4.46. The van der Waals surface area contributed by atoms with E-state index < -0.39 is 16.6 Å². The van der Waals surface area contributed by atoms with E-state index in [-0.39, 0.29) is 5.69 Å². The fourth-order valence-corrected chi connectivity index (χ4v) is 1.73. The normalized spacial score (nSPS) is 22.1. The zero-order valence-electron chi connectivity index (χ0n) is 9.14. The molecule has 1 aromatic carbocycles. The van der Waals surface area contributed by atoms with E-state index in [2.05, 4.69) is 0 Å². The van der Waals surface area contributed by atoms with Gasteiger partial charge < -0.3 is 9.84 Å². The molecule has 0 aliphatic carbocycles. The SMILES string of the molecule is CC1(C)Oc2cc([N+](=O)[O-])ccc2CC1O. The number of non-ortho nitro benzene ring substituents is 1. The van der Waals surface area contributed by atoms with Gasteiger partial charge in [-0.2, -0.15) is 0 Å². The molecule has 0 aromatic heterocycles. The van der Waals surface area contributed by atoms with Crippen LogP contribution in [-0.2, 0) is 6.42 Å². The molecule has 1 unspecified atom stereocenters. The fourth-order valence-electron chi connectivity index (χ4n) is 1.73. The Labute approximate surface area is 92.8 Å². The number of hydrogen-bond donors (Lipinski definition) is 1. The first-order valence-corrected chi connectivity index (χ1v) is 5.04. The predicted molar refractivity (Wildman–Crippen MR) is 57.5 cm³/mol. The number of aliphatic hydroxyl groups is 1. The molecule has 5 heteroatoms. The van der Waals surface area contributed by atoms with Crippen LogP contribution < -0.4 is 4.74 Å². The van der Waals surface area contributed by atoms with Gasteiger partial charge in [0, 0.05) is 12.5 Å². The Kier molecular flexibility index (Phi) is 2.35. The van der Waals surface area contributed by atoms with Gasteiger partial charge in [-0.3, -0.25) is 10.1 Å². The zero-order valence-corrected chi connectivity index (χ0v) is 9.14. The predicted octanol–water partition coefficient (Wildman–Crippen LogP) is 1.67. The van der Waals surface area contributed by atoms with Gasteiger partial charge in [-0.15, -0.1) is 0 Å². The second-order valence-electron chi connectivity index (χ2n) is 4.47. The van der Waals surface area contributed by atoms with Gasteiger partial charge in [0.05, 0.1) is 17.1 Å². The Morgan fingerprint density at radius 1 is 1.56 bits per heavy atom. The van der Waals surface area contributed by atoms with Crippen LogP contribution in [0, 0.1) is 10.1 Å². The standard InChI is InChI=1S/C11H13NO4/c1-11(2)10(13)5-7-3-4-8(12(14)15)6-9(7)16-11/h3-4,6,10,13H,5H2,1-2H3. The van der Waals surface area contributed by atoms with E-state index >= 15 is 0 Å². The van der Waals surface area contributed by atoms with Crippen molar-refractivity contribution in [1.82, 2.24) is 0 Å². The van der Waals surface area contributed by atoms with Gasteiger partial charge in [-0.1, -0.05) is 0 Å². The summed E-state index contributed by atoms with van der Waals surface area (Å²) in [6.07, 6.45) is -0.137. The van der Waals surface area contributed by atoms with Gasteiger partial charge in [0.2, 0.25) is 0 Å². The molecular formula is C11H13NO4. The minimum Gasteiger partial charge on any atom is -0.485 e. The molecule has 0 fully saturated rings. The highest BCUT2D eigenvalue weighted by Gasteiger charge is 2.36.